The van der Waals surface area contributed by atoms with E-state index in [1.807, 2.05) is 0 Å². The van der Waals surface area contributed by atoms with Crippen LogP contribution in [0.25, 0.3) is 0 Å². The molecule has 2 N–H and O–H groups in total. The maximum absolute atomic E-state index is 13.3. The zero-order chi connectivity index (χ0) is 11.7. The number of hydrogen-bond donors (Lipinski definition) is 1. The van der Waals surface area contributed by atoms with Crippen LogP contribution < -0.4 is 5.73 Å². The molecule has 0 aliphatic carbocycles. The van der Waals surface area contributed by atoms with E-state index < -0.39 is 11.9 Å². The van der Waals surface area contributed by atoms with Crippen LogP contribution in [0.4, 0.5) is 4.39 Å². The number of nitrogens with two attached hydrogens (primary N) is 1. The third-order valence-corrected chi connectivity index (χ3v) is 2.68. The summed E-state index contributed by atoms with van der Waals surface area (Å²) in [5.74, 6) is -0.482. The topological polar surface area (TPSA) is 56.7 Å². The van der Waals surface area contributed by atoms with Gasteiger partial charge >= 0.3 is 0 Å². The molecule has 4 nitrogen and oxygen atoms in total. The maximum atomic E-state index is 13.3. The highest BCUT2D eigenvalue weighted by Gasteiger charge is 2.14. The lowest BCUT2D eigenvalue weighted by molar-refractivity contribution is 0.618. The number of hydrogen-bond acceptors (Lipinski definition) is 3. The highest BCUT2D eigenvalue weighted by Crippen LogP contribution is 2.22. The number of rotatable bonds is 2. The average molecular weight is 241 g/mol. The Morgan fingerprint density at radius 1 is 1.50 bits per heavy atom. The van der Waals surface area contributed by atoms with Crippen LogP contribution in [0.3, 0.4) is 0 Å². The predicted octanol–water partition coefficient (Wildman–Crippen LogP) is 1.66. The van der Waals surface area contributed by atoms with Crippen molar-refractivity contribution in [3.63, 3.8) is 0 Å². The lowest BCUT2D eigenvalue weighted by Crippen LogP contribution is -2.16. The van der Waals surface area contributed by atoms with Crippen LogP contribution in [0, 0.1) is 5.82 Å². The number of halogens is 2. The van der Waals surface area contributed by atoms with Gasteiger partial charge in [0.1, 0.15) is 5.82 Å². The Balaban J connectivity index is 2.38. The van der Waals surface area contributed by atoms with Crippen LogP contribution in [-0.2, 0) is 7.05 Å². The predicted molar refractivity (Wildman–Crippen MR) is 58.4 cm³/mol. The number of benzene rings is 1. The highest BCUT2D eigenvalue weighted by molar-refractivity contribution is 6.30. The van der Waals surface area contributed by atoms with Crippen LogP contribution >= 0.6 is 11.6 Å². The van der Waals surface area contributed by atoms with Gasteiger partial charge in [0.05, 0.1) is 23.0 Å². The van der Waals surface area contributed by atoms with Crippen LogP contribution in [-0.4, -0.2) is 15.0 Å². The first-order valence-corrected chi connectivity index (χ1v) is 5.02. The third kappa shape index (κ3) is 1.91. The smallest absolute Gasteiger partial charge is 0.142 e. The molecule has 6 heteroatoms. The molecule has 0 bridgehead atoms. The lowest BCUT2D eigenvalue weighted by atomic mass is 10.1. The summed E-state index contributed by atoms with van der Waals surface area (Å²) in [6.45, 7) is 0. The van der Waals surface area contributed by atoms with E-state index in [9.17, 15) is 4.39 Å². The van der Waals surface area contributed by atoms with E-state index in [2.05, 4.69) is 10.3 Å². The molecule has 2 aromatic rings. The lowest BCUT2D eigenvalue weighted by Gasteiger charge is -2.11. The second-order valence-corrected chi connectivity index (χ2v) is 3.84. The van der Waals surface area contributed by atoms with Crippen LogP contribution in [0.2, 0.25) is 5.02 Å². The number of aromatic nitrogens is 3. The van der Waals surface area contributed by atoms with Gasteiger partial charge in [-0.2, -0.15) is 0 Å². The molecule has 16 heavy (non-hydrogen) atoms. The Hall–Kier alpha value is -1.46. The van der Waals surface area contributed by atoms with E-state index in [1.165, 1.54) is 12.1 Å². The van der Waals surface area contributed by atoms with E-state index in [0.717, 1.165) is 0 Å². The molecule has 1 aromatic heterocycles. The zero-order valence-corrected chi connectivity index (χ0v) is 9.32. The van der Waals surface area contributed by atoms with E-state index in [4.69, 9.17) is 17.3 Å². The van der Waals surface area contributed by atoms with Crippen molar-refractivity contribution in [3.05, 3.63) is 46.5 Å². The molecule has 84 valence electrons. The van der Waals surface area contributed by atoms with Gasteiger partial charge in [0.15, 0.2) is 0 Å². The molecule has 1 unspecified atom stereocenters. The average Bonchev–Trinajstić information content (AvgIpc) is 2.67. The van der Waals surface area contributed by atoms with Crippen molar-refractivity contribution in [2.24, 2.45) is 12.8 Å². The molecule has 0 saturated heterocycles. The van der Waals surface area contributed by atoms with Crippen molar-refractivity contribution in [2.45, 2.75) is 6.04 Å². The SMILES string of the molecule is Cn1nncc1C(N)c1ccc(Cl)c(F)c1. The van der Waals surface area contributed by atoms with Crippen LogP contribution in [0.15, 0.2) is 24.4 Å². The van der Waals surface area contributed by atoms with Crippen molar-refractivity contribution >= 4 is 11.6 Å². The van der Waals surface area contributed by atoms with Crippen molar-refractivity contribution in [3.8, 4) is 0 Å². The van der Waals surface area contributed by atoms with Crippen molar-refractivity contribution in [1.29, 1.82) is 0 Å². The summed E-state index contributed by atoms with van der Waals surface area (Å²) < 4.78 is 14.8. The van der Waals surface area contributed by atoms with Gasteiger partial charge in [-0.15, -0.1) is 5.10 Å². The fraction of sp³-hybridized carbons (Fsp3) is 0.200. The molecule has 0 aliphatic rings. The van der Waals surface area contributed by atoms with E-state index in [0.29, 0.717) is 11.3 Å². The molecule has 1 heterocycles. The Labute approximate surface area is 96.8 Å². The second-order valence-electron chi connectivity index (χ2n) is 3.43. The fourth-order valence-electron chi connectivity index (χ4n) is 1.46. The molecule has 0 amide bonds. The van der Waals surface area contributed by atoms with Gasteiger partial charge in [0, 0.05) is 7.05 Å². The van der Waals surface area contributed by atoms with Gasteiger partial charge in [-0.05, 0) is 17.7 Å². The standard InChI is InChI=1S/C10H10ClFN4/c1-16-9(5-14-15-16)10(13)6-2-3-7(11)8(12)4-6/h2-5,10H,13H2,1H3. The highest BCUT2D eigenvalue weighted by atomic mass is 35.5. The maximum Gasteiger partial charge on any atom is 0.142 e. The Morgan fingerprint density at radius 3 is 2.81 bits per heavy atom. The minimum atomic E-state index is -0.482. The van der Waals surface area contributed by atoms with Crippen molar-refractivity contribution < 1.29 is 4.39 Å². The molecule has 1 atom stereocenters. The summed E-state index contributed by atoms with van der Waals surface area (Å²) in [7, 11) is 1.73. The van der Waals surface area contributed by atoms with Crippen molar-refractivity contribution in [2.75, 3.05) is 0 Å². The normalized spacial score (nSPS) is 12.8. The summed E-state index contributed by atoms with van der Waals surface area (Å²) in [6, 6.07) is 4.02. The molecule has 2 rings (SSSR count). The van der Waals surface area contributed by atoms with Gasteiger partial charge in [-0.1, -0.05) is 22.9 Å². The summed E-state index contributed by atoms with van der Waals surface area (Å²) in [6.07, 6.45) is 1.55. The summed E-state index contributed by atoms with van der Waals surface area (Å²) in [5.41, 5.74) is 7.31. The Bertz CT molecular complexity index is 511. The van der Waals surface area contributed by atoms with Gasteiger partial charge in [-0.3, -0.25) is 4.68 Å². The molecule has 0 aliphatic heterocycles. The third-order valence-electron chi connectivity index (χ3n) is 2.37. The number of nitrogens with zero attached hydrogens (tertiary/aromatic N) is 3. The van der Waals surface area contributed by atoms with Gasteiger partial charge in [-0.25, -0.2) is 4.39 Å². The molecule has 0 fully saturated rings. The molecular weight excluding hydrogens is 231 g/mol. The monoisotopic (exact) mass is 240 g/mol. The summed E-state index contributed by atoms with van der Waals surface area (Å²) in [4.78, 5) is 0. The molecule has 0 saturated carbocycles. The van der Waals surface area contributed by atoms with E-state index in [-0.39, 0.29) is 5.02 Å². The van der Waals surface area contributed by atoms with Crippen LogP contribution in [0.1, 0.15) is 17.3 Å². The number of aryl methyl sites for hydroxylation is 1. The first kappa shape index (κ1) is 11.0. The largest absolute Gasteiger partial charge is 0.319 e. The fourth-order valence-corrected chi connectivity index (χ4v) is 1.57. The van der Waals surface area contributed by atoms with Gasteiger partial charge in [0.25, 0.3) is 0 Å². The van der Waals surface area contributed by atoms with Crippen molar-refractivity contribution in [1.82, 2.24) is 15.0 Å². The van der Waals surface area contributed by atoms with Crippen LogP contribution in [0.5, 0.6) is 0 Å². The Kier molecular flexibility index (Phi) is 2.89. The van der Waals surface area contributed by atoms with Gasteiger partial charge in [0.2, 0.25) is 0 Å². The quantitative estimate of drug-likeness (QED) is 0.869. The molecule has 1 aromatic carbocycles. The first-order valence-electron chi connectivity index (χ1n) is 4.64. The molecule has 0 spiro atoms. The minimum absolute atomic E-state index is 0.0825. The zero-order valence-electron chi connectivity index (χ0n) is 8.56. The van der Waals surface area contributed by atoms with E-state index >= 15 is 0 Å². The first-order chi connectivity index (χ1) is 7.59. The summed E-state index contributed by atoms with van der Waals surface area (Å²) in [5, 5.41) is 7.57. The second kappa shape index (κ2) is 4.19. The minimum Gasteiger partial charge on any atom is -0.319 e. The summed E-state index contributed by atoms with van der Waals surface area (Å²) >= 11 is 5.60. The molecular formula is C10H10ClFN4. The van der Waals surface area contributed by atoms with Gasteiger partial charge < -0.3 is 5.73 Å². The Morgan fingerprint density at radius 2 is 2.25 bits per heavy atom. The van der Waals surface area contributed by atoms with E-state index in [1.54, 1.807) is 24.0 Å². The molecule has 0 radical (unpaired) electrons.